The number of nitrogens with one attached hydrogen (secondary N) is 1. The maximum Gasteiger partial charge on any atom is 0.325 e. The number of benzene rings is 1. The Bertz CT molecular complexity index is 801. The molecular formula is C16H20N2O5S. The van der Waals surface area contributed by atoms with Gasteiger partial charge in [-0.2, -0.15) is 0 Å². The third kappa shape index (κ3) is 4.19. The minimum atomic E-state index is -3.23. The number of carbonyl (C=O) groups excluding carboxylic acids is 3. The van der Waals surface area contributed by atoms with Gasteiger partial charge in [0.05, 0.1) is 12.3 Å². The quantitative estimate of drug-likeness (QED) is 0.604. The van der Waals surface area contributed by atoms with E-state index in [1.165, 1.54) is 0 Å². The normalized spacial score (nSPS) is 18.0. The van der Waals surface area contributed by atoms with Crippen molar-refractivity contribution in [1.82, 2.24) is 10.2 Å². The van der Waals surface area contributed by atoms with Gasteiger partial charge in [-0.3, -0.25) is 14.5 Å². The summed E-state index contributed by atoms with van der Waals surface area (Å²) in [6, 6.07) is 3.75. The van der Waals surface area contributed by atoms with Crippen LogP contribution in [0.25, 0.3) is 0 Å². The summed E-state index contributed by atoms with van der Waals surface area (Å²) >= 11 is 0. The Morgan fingerprint density at radius 1 is 1.25 bits per heavy atom. The van der Waals surface area contributed by atoms with E-state index in [9.17, 15) is 22.8 Å². The lowest BCUT2D eigenvalue weighted by atomic mass is 10.0. The topological polar surface area (TPSA) is 101 Å². The van der Waals surface area contributed by atoms with Crippen LogP contribution in [0.15, 0.2) is 18.2 Å². The van der Waals surface area contributed by atoms with Gasteiger partial charge in [0.25, 0.3) is 5.91 Å². The van der Waals surface area contributed by atoms with E-state index in [-0.39, 0.29) is 24.5 Å². The Morgan fingerprint density at radius 2 is 1.92 bits per heavy atom. The van der Waals surface area contributed by atoms with Gasteiger partial charge in [-0.1, -0.05) is 23.8 Å². The second-order valence-corrected chi connectivity index (χ2v) is 8.35. The number of amides is 3. The predicted octanol–water partition coefficient (Wildman–Crippen LogP) is 0.841. The number of hydrogen-bond acceptors (Lipinski definition) is 5. The lowest BCUT2D eigenvalue weighted by Gasteiger charge is -2.13. The van der Waals surface area contributed by atoms with Crippen LogP contribution in [-0.4, -0.2) is 55.6 Å². The zero-order chi connectivity index (χ0) is 18.1. The first-order valence-corrected chi connectivity index (χ1v) is 9.54. The van der Waals surface area contributed by atoms with Gasteiger partial charge in [0.2, 0.25) is 0 Å². The molecule has 0 spiro atoms. The van der Waals surface area contributed by atoms with Crippen LogP contribution in [0.2, 0.25) is 0 Å². The van der Waals surface area contributed by atoms with Gasteiger partial charge in [-0.15, -0.1) is 0 Å². The highest BCUT2D eigenvalue weighted by Gasteiger charge is 2.39. The monoisotopic (exact) mass is 352 g/mol. The maximum atomic E-state index is 12.4. The van der Waals surface area contributed by atoms with Crippen LogP contribution >= 0.6 is 0 Å². The van der Waals surface area contributed by atoms with Gasteiger partial charge in [-0.25, -0.2) is 13.2 Å². The maximum absolute atomic E-state index is 12.4. The molecule has 0 aliphatic carbocycles. The van der Waals surface area contributed by atoms with E-state index in [0.29, 0.717) is 5.56 Å². The second-order valence-electron chi connectivity index (χ2n) is 6.09. The Morgan fingerprint density at radius 3 is 2.50 bits per heavy atom. The van der Waals surface area contributed by atoms with Crippen molar-refractivity contribution < 1.29 is 22.8 Å². The number of sulfone groups is 1. The van der Waals surface area contributed by atoms with Crippen LogP contribution in [0.5, 0.6) is 0 Å². The molecule has 1 N–H and O–H groups in total. The van der Waals surface area contributed by atoms with Crippen LogP contribution in [-0.2, 0) is 14.6 Å². The molecule has 2 rings (SSSR count). The number of aryl methyl sites for hydroxylation is 2. The number of imide groups is 1. The summed E-state index contributed by atoms with van der Waals surface area (Å²) < 4.78 is 22.4. The number of nitrogens with zero attached hydrogens (tertiary/aromatic N) is 1. The van der Waals surface area contributed by atoms with Crippen molar-refractivity contribution in [3.05, 3.63) is 34.9 Å². The lowest BCUT2D eigenvalue weighted by molar-refractivity contribution is -0.127. The SMILES string of the molecule is Cc1ccc(C(=O)CN2C(=O)N[C@H](CCS(C)(=O)=O)C2=O)c(C)c1. The van der Waals surface area contributed by atoms with Crippen molar-refractivity contribution in [2.45, 2.75) is 26.3 Å². The van der Waals surface area contributed by atoms with Gasteiger partial charge >= 0.3 is 6.03 Å². The van der Waals surface area contributed by atoms with Crippen molar-refractivity contribution in [2.24, 2.45) is 0 Å². The highest BCUT2D eigenvalue weighted by atomic mass is 32.2. The molecule has 0 saturated carbocycles. The standard InChI is InChI=1S/C16H20N2O5S/c1-10-4-5-12(11(2)8-10)14(19)9-18-15(20)13(17-16(18)21)6-7-24(3,22)23/h4-5,8,13H,6-7,9H2,1-3H3,(H,17,21)/t13-/m1/s1. The minimum Gasteiger partial charge on any atom is -0.326 e. The fraction of sp³-hybridized carbons (Fsp3) is 0.438. The molecule has 24 heavy (non-hydrogen) atoms. The van der Waals surface area contributed by atoms with E-state index in [1.807, 2.05) is 13.0 Å². The first-order valence-electron chi connectivity index (χ1n) is 7.48. The van der Waals surface area contributed by atoms with Crippen molar-refractivity contribution in [2.75, 3.05) is 18.6 Å². The van der Waals surface area contributed by atoms with E-state index >= 15 is 0 Å². The first kappa shape index (κ1) is 18.1. The van der Waals surface area contributed by atoms with Gasteiger partial charge in [0, 0.05) is 11.8 Å². The Hall–Kier alpha value is -2.22. The predicted molar refractivity (Wildman–Crippen MR) is 88.6 cm³/mol. The van der Waals surface area contributed by atoms with Crippen LogP contribution in [0, 0.1) is 13.8 Å². The van der Waals surface area contributed by atoms with Crippen LogP contribution in [0.3, 0.4) is 0 Å². The number of hydrogen-bond donors (Lipinski definition) is 1. The molecule has 7 nitrogen and oxygen atoms in total. The molecule has 1 fully saturated rings. The smallest absolute Gasteiger partial charge is 0.325 e. The summed E-state index contributed by atoms with van der Waals surface area (Å²) in [7, 11) is -3.23. The van der Waals surface area contributed by atoms with Gasteiger partial charge < -0.3 is 5.32 Å². The fourth-order valence-electron chi connectivity index (χ4n) is 2.61. The molecule has 0 radical (unpaired) electrons. The van der Waals surface area contributed by atoms with Crippen molar-refractivity contribution >= 4 is 27.6 Å². The van der Waals surface area contributed by atoms with Crippen LogP contribution < -0.4 is 5.32 Å². The summed E-state index contributed by atoms with van der Waals surface area (Å²) in [5.41, 5.74) is 2.25. The molecule has 1 heterocycles. The number of Topliss-reactive ketones (excluding diaryl/α,β-unsaturated/α-hetero) is 1. The van der Waals surface area contributed by atoms with Crippen LogP contribution in [0.4, 0.5) is 4.79 Å². The van der Waals surface area contributed by atoms with E-state index in [1.54, 1.807) is 19.1 Å². The van der Waals surface area contributed by atoms with Crippen molar-refractivity contribution in [1.29, 1.82) is 0 Å². The molecule has 1 aromatic carbocycles. The summed E-state index contributed by atoms with van der Waals surface area (Å²) in [4.78, 5) is 37.4. The molecule has 0 aromatic heterocycles. The lowest BCUT2D eigenvalue weighted by Crippen LogP contribution is -2.36. The molecule has 1 atom stereocenters. The molecule has 3 amide bonds. The second kappa shape index (κ2) is 6.72. The van der Waals surface area contributed by atoms with Crippen LogP contribution in [0.1, 0.15) is 27.9 Å². The van der Waals surface area contributed by atoms with Gasteiger partial charge in [-0.05, 0) is 25.8 Å². The molecule has 1 aliphatic rings. The molecule has 8 heteroatoms. The van der Waals surface area contributed by atoms with Gasteiger partial charge in [0.15, 0.2) is 5.78 Å². The molecule has 130 valence electrons. The van der Waals surface area contributed by atoms with E-state index in [4.69, 9.17) is 0 Å². The molecule has 0 bridgehead atoms. The van der Waals surface area contributed by atoms with Crippen molar-refractivity contribution in [3.8, 4) is 0 Å². The number of ketones is 1. The fourth-order valence-corrected chi connectivity index (χ4v) is 3.27. The Kier molecular flexibility index (Phi) is 5.08. The number of carbonyl (C=O) groups is 3. The van der Waals surface area contributed by atoms with E-state index < -0.39 is 27.8 Å². The van der Waals surface area contributed by atoms with Crippen molar-refractivity contribution in [3.63, 3.8) is 0 Å². The average Bonchev–Trinajstić information content (AvgIpc) is 2.72. The Labute approximate surface area is 140 Å². The number of urea groups is 1. The average molecular weight is 352 g/mol. The molecule has 1 saturated heterocycles. The Balaban J connectivity index is 2.08. The summed E-state index contributed by atoms with van der Waals surface area (Å²) in [6.07, 6.45) is 1.06. The first-order chi connectivity index (χ1) is 11.1. The minimum absolute atomic E-state index is 0.00232. The summed E-state index contributed by atoms with van der Waals surface area (Å²) in [5.74, 6) is -1.11. The third-order valence-electron chi connectivity index (χ3n) is 3.87. The molecule has 0 unspecified atom stereocenters. The third-order valence-corrected chi connectivity index (χ3v) is 4.85. The highest BCUT2D eigenvalue weighted by Crippen LogP contribution is 2.15. The molecule has 1 aliphatic heterocycles. The van der Waals surface area contributed by atoms with E-state index in [2.05, 4.69) is 5.32 Å². The summed E-state index contributed by atoms with van der Waals surface area (Å²) in [5, 5.41) is 2.43. The largest absolute Gasteiger partial charge is 0.326 e. The zero-order valence-corrected chi connectivity index (χ0v) is 14.6. The number of rotatable bonds is 6. The molecular weight excluding hydrogens is 332 g/mol. The van der Waals surface area contributed by atoms with Gasteiger partial charge in [0.1, 0.15) is 15.9 Å². The van der Waals surface area contributed by atoms with E-state index in [0.717, 1.165) is 22.3 Å². The molecule has 1 aromatic rings. The highest BCUT2D eigenvalue weighted by molar-refractivity contribution is 7.90. The zero-order valence-electron chi connectivity index (χ0n) is 13.8. The summed E-state index contributed by atoms with van der Waals surface area (Å²) in [6.45, 7) is 3.34.